The lowest BCUT2D eigenvalue weighted by Gasteiger charge is -2.24. The maximum absolute atomic E-state index is 12.5. The molecule has 2 unspecified atom stereocenters. The molecule has 3 rings (SSSR count). The standard InChI is InChI=1S/C16H13Cl2NOS/c1-10-15(20)19(12-7-8-13(17)14(18)9-12)16(21-10)11-5-3-2-4-6-11/h2-10,16H,1H3. The largest absolute Gasteiger partial charge is 0.295 e. The first kappa shape index (κ1) is 14.8. The number of benzene rings is 2. The molecule has 1 saturated heterocycles. The van der Waals surface area contributed by atoms with E-state index in [1.54, 1.807) is 28.8 Å². The fraction of sp³-hybridized carbons (Fsp3) is 0.188. The minimum atomic E-state index is -0.0790. The molecule has 5 heteroatoms. The van der Waals surface area contributed by atoms with Crippen molar-refractivity contribution in [2.24, 2.45) is 0 Å². The number of anilines is 1. The van der Waals surface area contributed by atoms with Crippen molar-refractivity contribution in [3.8, 4) is 0 Å². The number of hydrogen-bond donors (Lipinski definition) is 0. The van der Waals surface area contributed by atoms with Gasteiger partial charge in [0.2, 0.25) is 5.91 Å². The Hall–Kier alpha value is -1.16. The van der Waals surface area contributed by atoms with Crippen LogP contribution in [-0.4, -0.2) is 11.2 Å². The molecule has 1 aliphatic heterocycles. The van der Waals surface area contributed by atoms with Crippen molar-refractivity contribution in [2.75, 3.05) is 4.90 Å². The second-order valence-corrected chi connectivity index (χ2v) is 7.09. The summed E-state index contributed by atoms with van der Waals surface area (Å²) >= 11 is 13.7. The molecule has 2 atom stereocenters. The molecule has 2 aromatic rings. The molecule has 0 spiro atoms. The number of rotatable bonds is 2. The Morgan fingerprint density at radius 1 is 1.05 bits per heavy atom. The van der Waals surface area contributed by atoms with Gasteiger partial charge in [-0.15, -0.1) is 11.8 Å². The normalized spacial score (nSPS) is 21.9. The molecule has 1 heterocycles. The number of carbonyl (C=O) groups is 1. The van der Waals surface area contributed by atoms with Crippen molar-refractivity contribution in [2.45, 2.75) is 17.5 Å². The van der Waals surface area contributed by atoms with Gasteiger partial charge >= 0.3 is 0 Å². The summed E-state index contributed by atoms with van der Waals surface area (Å²) in [5.41, 5.74) is 1.88. The van der Waals surface area contributed by atoms with Gasteiger partial charge in [0.1, 0.15) is 5.37 Å². The van der Waals surface area contributed by atoms with Crippen molar-refractivity contribution >= 4 is 46.6 Å². The predicted octanol–water partition coefficient (Wildman–Crippen LogP) is 5.16. The summed E-state index contributed by atoms with van der Waals surface area (Å²) in [7, 11) is 0. The molecular weight excluding hydrogens is 325 g/mol. The van der Waals surface area contributed by atoms with Crippen molar-refractivity contribution in [3.63, 3.8) is 0 Å². The van der Waals surface area contributed by atoms with Gasteiger partial charge in [-0.05, 0) is 30.7 Å². The fourth-order valence-corrected chi connectivity index (χ4v) is 3.94. The molecule has 108 valence electrons. The van der Waals surface area contributed by atoms with Crippen LogP contribution in [0.3, 0.4) is 0 Å². The SMILES string of the molecule is CC1SC(c2ccccc2)N(c2ccc(Cl)c(Cl)c2)C1=O. The van der Waals surface area contributed by atoms with Crippen LogP contribution in [0.1, 0.15) is 17.9 Å². The Balaban J connectivity index is 2.04. The van der Waals surface area contributed by atoms with E-state index in [9.17, 15) is 4.79 Å². The topological polar surface area (TPSA) is 20.3 Å². The zero-order chi connectivity index (χ0) is 15.0. The molecule has 1 aliphatic rings. The van der Waals surface area contributed by atoms with Gasteiger partial charge in [-0.3, -0.25) is 9.69 Å². The number of amides is 1. The second kappa shape index (κ2) is 5.91. The molecule has 0 saturated carbocycles. The summed E-state index contributed by atoms with van der Waals surface area (Å²) in [6, 6.07) is 15.3. The summed E-state index contributed by atoms with van der Waals surface area (Å²) in [5.74, 6) is 0.0900. The van der Waals surface area contributed by atoms with Crippen molar-refractivity contribution in [1.29, 1.82) is 0 Å². The van der Waals surface area contributed by atoms with Crippen LogP contribution in [0, 0.1) is 0 Å². The van der Waals surface area contributed by atoms with Crippen LogP contribution < -0.4 is 4.90 Å². The molecule has 2 nitrogen and oxygen atoms in total. The van der Waals surface area contributed by atoms with Gasteiger partial charge in [0.25, 0.3) is 0 Å². The maximum Gasteiger partial charge on any atom is 0.241 e. The lowest BCUT2D eigenvalue weighted by Crippen LogP contribution is -2.30. The van der Waals surface area contributed by atoms with E-state index in [2.05, 4.69) is 0 Å². The Morgan fingerprint density at radius 3 is 2.43 bits per heavy atom. The number of hydrogen-bond acceptors (Lipinski definition) is 2. The molecule has 0 aromatic heterocycles. The van der Waals surface area contributed by atoms with Gasteiger partial charge in [-0.25, -0.2) is 0 Å². The van der Waals surface area contributed by atoms with Gasteiger partial charge in [0.15, 0.2) is 0 Å². The fourth-order valence-electron chi connectivity index (χ4n) is 2.37. The number of thioether (sulfide) groups is 1. The Bertz CT molecular complexity index is 677. The Morgan fingerprint density at radius 2 is 1.76 bits per heavy atom. The molecule has 21 heavy (non-hydrogen) atoms. The molecule has 2 aromatic carbocycles. The minimum absolute atomic E-state index is 0.0362. The molecule has 1 amide bonds. The Kier molecular flexibility index (Phi) is 4.16. The highest BCUT2D eigenvalue weighted by molar-refractivity contribution is 8.01. The van der Waals surface area contributed by atoms with Crippen LogP contribution in [0.15, 0.2) is 48.5 Å². The Labute approximate surface area is 138 Å². The smallest absolute Gasteiger partial charge is 0.241 e. The van der Waals surface area contributed by atoms with E-state index in [1.165, 1.54) is 0 Å². The second-order valence-electron chi connectivity index (χ2n) is 4.85. The number of carbonyl (C=O) groups excluding carboxylic acids is 1. The average Bonchev–Trinajstić information content (AvgIpc) is 2.79. The molecule has 0 N–H and O–H groups in total. The predicted molar refractivity (Wildman–Crippen MR) is 90.2 cm³/mol. The van der Waals surface area contributed by atoms with Crippen LogP contribution in [0.5, 0.6) is 0 Å². The van der Waals surface area contributed by atoms with E-state index in [0.29, 0.717) is 10.0 Å². The zero-order valence-corrected chi connectivity index (χ0v) is 13.6. The van der Waals surface area contributed by atoms with E-state index in [4.69, 9.17) is 23.2 Å². The first-order chi connectivity index (χ1) is 10.1. The lowest BCUT2D eigenvalue weighted by atomic mass is 10.2. The third-order valence-electron chi connectivity index (χ3n) is 3.42. The van der Waals surface area contributed by atoms with E-state index >= 15 is 0 Å². The number of nitrogens with zero attached hydrogens (tertiary/aromatic N) is 1. The zero-order valence-electron chi connectivity index (χ0n) is 11.3. The third-order valence-corrected chi connectivity index (χ3v) is 5.51. The summed E-state index contributed by atoms with van der Waals surface area (Å²) in [5, 5.41) is 0.831. The molecule has 0 bridgehead atoms. The highest BCUT2D eigenvalue weighted by atomic mass is 35.5. The van der Waals surface area contributed by atoms with Gasteiger partial charge in [-0.1, -0.05) is 53.5 Å². The molecule has 1 fully saturated rings. The summed E-state index contributed by atoms with van der Waals surface area (Å²) in [6.07, 6.45) is 0. The van der Waals surface area contributed by atoms with Crippen molar-refractivity contribution < 1.29 is 4.79 Å². The highest BCUT2D eigenvalue weighted by Gasteiger charge is 2.39. The monoisotopic (exact) mass is 337 g/mol. The summed E-state index contributed by atoms with van der Waals surface area (Å²) < 4.78 is 0. The van der Waals surface area contributed by atoms with Crippen LogP contribution in [0.2, 0.25) is 10.0 Å². The third kappa shape index (κ3) is 2.78. The number of halogens is 2. The molecule has 0 radical (unpaired) electrons. The summed E-state index contributed by atoms with van der Waals surface area (Å²) in [6.45, 7) is 1.93. The van der Waals surface area contributed by atoms with Crippen LogP contribution >= 0.6 is 35.0 Å². The van der Waals surface area contributed by atoms with Gasteiger partial charge in [0, 0.05) is 5.69 Å². The van der Waals surface area contributed by atoms with Crippen LogP contribution in [0.4, 0.5) is 5.69 Å². The van der Waals surface area contributed by atoms with Crippen LogP contribution in [0.25, 0.3) is 0 Å². The van der Waals surface area contributed by atoms with E-state index in [0.717, 1.165) is 11.3 Å². The van der Waals surface area contributed by atoms with E-state index in [1.807, 2.05) is 43.3 Å². The first-order valence-corrected chi connectivity index (χ1v) is 8.26. The first-order valence-electron chi connectivity index (χ1n) is 6.56. The van der Waals surface area contributed by atoms with Gasteiger partial charge in [-0.2, -0.15) is 0 Å². The van der Waals surface area contributed by atoms with Crippen molar-refractivity contribution in [3.05, 3.63) is 64.1 Å². The average molecular weight is 338 g/mol. The highest BCUT2D eigenvalue weighted by Crippen LogP contribution is 2.46. The van der Waals surface area contributed by atoms with E-state index in [-0.39, 0.29) is 16.5 Å². The maximum atomic E-state index is 12.5. The minimum Gasteiger partial charge on any atom is -0.295 e. The van der Waals surface area contributed by atoms with Gasteiger partial charge in [0.05, 0.1) is 15.3 Å². The lowest BCUT2D eigenvalue weighted by molar-refractivity contribution is -0.117. The summed E-state index contributed by atoms with van der Waals surface area (Å²) in [4.78, 5) is 14.3. The van der Waals surface area contributed by atoms with E-state index < -0.39 is 0 Å². The van der Waals surface area contributed by atoms with Crippen LogP contribution in [-0.2, 0) is 4.79 Å². The van der Waals surface area contributed by atoms with Crippen molar-refractivity contribution in [1.82, 2.24) is 0 Å². The molecular formula is C16H13Cl2NOS. The quantitative estimate of drug-likeness (QED) is 0.754. The van der Waals surface area contributed by atoms with Gasteiger partial charge < -0.3 is 0 Å². The molecule has 0 aliphatic carbocycles.